The zero-order valence-electron chi connectivity index (χ0n) is 10.7. The first-order valence-electron chi connectivity index (χ1n) is 6.11. The molecule has 1 atom stereocenters. The molecule has 1 aromatic rings. The number of hydrogen-bond donors (Lipinski definition) is 1. The van der Waals surface area contributed by atoms with Crippen LogP contribution in [0.5, 0.6) is 0 Å². The second-order valence-electron chi connectivity index (χ2n) is 5.41. The molecule has 0 amide bonds. The van der Waals surface area contributed by atoms with E-state index in [1.807, 2.05) is 6.92 Å². The van der Waals surface area contributed by atoms with Crippen molar-refractivity contribution in [2.75, 3.05) is 13.1 Å². The minimum absolute atomic E-state index is 0.581. The Morgan fingerprint density at radius 3 is 2.83 bits per heavy atom. The molecule has 1 heterocycles. The van der Waals surface area contributed by atoms with Crippen LogP contribution in [0.3, 0.4) is 0 Å². The van der Waals surface area contributed by atoms with Crippen LogP contribution in [0.25, 0.3) is 0 Å². The average molecular weight is 312 g/mol. The molecule has 1 aliphatic heterocycles. The van der Waals surface area contributed by atoms with Crippen LogP contribution in [0.15, 0.2) is 22.7 Å². The van der Waals surface area contributed by atoms with Crippen LogP contribution >= 0.6 is 15.9 Å². The van der Waals surface area contributed by atoms with E-state index in [0.717, 1.165) is 24.0 Å². The fourth-order valence-corrected chi connectivity index (χ4v) is 2.79. The van der Waals surface area contributed by atoms with Gasteiger partial charge in [-0.15, -0.1) is 0 Å². The lowest BCUT2D eigenvalue weighted by Gasteiger charge is -2.20. The Balaban J connectivity index is 2.03. The molecule has 98 valence electrons. The van der Waals surface area contributed by atoms with E-state index in [2.05, 4.69) is 46.0 Å². The Hall–Kier alpha value is -0.870. The normalized spacial score (nSPS) is 24.4. The Bertz CT molecular complexity index is 475. The first kappa shape index (κ1) is 13.6. The van der Waals surface area contributed by atoms with Crippen molar-refractivity contribution in [2.45, 2.75) is 26.8 Å². The number of likely N-dealkylation sites (tertiary alicyclic amines) is 1. The molecule has 0 saturated carbocycles. The summed E-state index contributed by atoms with van der Waals surface area (Å²) in [5.41, 5.74) is 1.86. The molecule has 0 radical (unpaired) electrons. The minimum Gasteiger partial charge on any atom is -0.481 e. The fourth-order valence-electron chi connectivity index (χ4n) is 2.36. The van der Waals surface area contributed by atoms with E-state index in [4.69, 9.17) is 0 Å². The summed E-state index contributed by atoms with van der Waals surface area (Å²) in [7, 11) is 0. The molecular formula is C14H18BrNO2. The summed E-state index contributed by atoms with van der Waals surface area (Å²) in [4.78, 5) is 13.4. The highest BCUT2D eigenvalue weighted by Gasteiger charge is 2.40. The number of nitrogens with zero attached hydrogens (tertiary/aromatic N) is 1. The van der Waals surface area contributed by atoms with E-state index in [1.165, 1.54) is 11.1 Å². The number of carboxylic acid groups (broad SMARTS) is 1. The van der Waals surface area contributed by atoms with E-state index in [9.17, 15) is 9.90 Å². The monoisotopic (exact) mass is 311 g/mol. The minimum atomic E-state index is -0.685. The van der Waals surface area contributed by atoms with Gasteiger partial charge in [0.05, 0.1) is 5.41 Å². The highest BCUT2D eigenvalue weighted by Crippen LogP contribution is 2.31. The molecule has 1 aliphatic rings. The van der Waals surface area contributed by atoms with Crippen molar-refractivity contribution < 1.29 is 9.90 Å². The summed E-state index contributed by atoms with van der Waals surface area (Å²) in [6.45, 7) is 6.20. The molecule has 1 N–H and O–H groups in total. The summed E-state index contributed by atoms with van der Waals surface area (Å²) >= 11 is 3.53. The summed E-state index contributed by atoms with van der Waals surface area (Å²) < 4.78 is 1.11. The van der Waals surface area contributed by atoms with Crippen LogP contribution in [0.2, 0.25) is 0 Å². The molecule has 4 heteroatoms. The smallest absolute Gasteiger partial charge is 0.310 e. The van der Waals surface area contributed by atoms with Crippen molar-refractivity contribution in [1.29, 1.82) is 0 Å². The predicted octanol–water partition coefficient (Wildman–Crippen LogP) is 3.05. The van der Waals surface area contributed by atoms with Gasteiger partial charge in [0.15, 0.2) is 0 Å². The van der Waals surface area contributed by atoms with Crippen molar-refractivity contribution in [3.8, 4) is 0 Å². The number of carboxylic acids is 1. The first-order chi connectivity index (χ1) is 8.40. The third kappa shape index (κ3) is 2.75. The maximum Gasteiger partial charge on any atom is 0.310 e. The number of benzene rings is 1. The van der Waals surface area contributed by atoms with E-state index >= 15 is 0 Å². The molecule has 1 aromatic carbocycles. The number of carbonyl (C=O) groups is 1. The second-order valence-corrected chi connectivity index (χ2v) is 6.26. The van der Waals surface area contributed by atoms with Gasteiger partial charge in [-0.25, -0.2) is 0 Å². The molecule has 3 nitrogen and oxygen atoms in total. The highest BCUT2D eigenvalue weighted by molar-refractivity contribution is 9.10. The lowest BCUT2D eigenvalue weighted by atomic mass is 9.90. The average Bonchev–Trinajstić information content (AvgIpc) is 2.67. The van der Waals surface area contributed by atoms with Gasteiger partial charge < -0.3 is 5.11 Å². The first-order valence-corrected chi connectivity index (χ1v) is 6.91. The third-order valence-corrected chi connectivity index (χ3v) is 4.57. The van der Waals surface area contributed by atoms with E-state index in [1.54, 1.807) is 0 Å². The summed E-state index contributed by atoms with van der Waals surface area (Å²) in [6, 6.07) is 6.31. The number of rotatable bonds is 3. The predicted molar refractivity (Wildman–Crippen MR) is 74.5 cm³/mol. The molecule has 1 unspecified atom stereocenters. The quantitative estimate of drug-likeness (QED) is 0.932. The molecule has 0 aromatic heterocycles. The van der Waals surface area contributed by atoms with Crippen LogP contribution < -0.4 is 0 Å². The number of hydrogen-bond acceptors (Lipinski definition) is 2. The van der Waals surface area contributed by atoms with Gasteiger partial charge in [-0.3, -0.25) is 9.69 Å². The Morgan fingerprint density at radius 1 is 1.56 bits per heavy atom. The molecular weight excluding hydrogens is 294 g/mol. The highest BCUT2D eigenvalue weighted by atomic mass is 79.9. The summed E-state index contributed by atoms with van der Waals surface area (Å²) in [6.07, 6.45) is 0.732. The zero-order valence-corrected chi connectivity index (χ0v) is 12.3. The molecule has 2 rings (SSSR count). The molecule has 0 bridgehead atoms. The van der Waals surface area contributed by atoms with Gasteiger partial charge in [-0.05, 0) is 44.0 Å². The van der Waals surface area contributed by atoms with Crippen molar-refractivity contribution in [3.63, 3.8) is 0 Å². The van der Waals surface area contributed by atoms with Gasteiger partial charge in [-0.2, -0.15) is 0 Å². The molecule has 0 spiro atoms. The van der Waals surface area contributed by atoms with Crippen molar-refractivity contribution in [2.24, 2.45) is 5.41 Å². The van der Waals surface area contributed by atoms with Gasteiger partial charge in [0.2, 0.25) is 0 Å². The van der Waals surface area contributed by atoms with Crippen molar-refractivity contribution in [1.82, 2.24) is 4.90 Å². The van der Waals surface area contributed by atoms with Gasteiger partial charge in [0.1, 0.15) is 0 Å². The number of halogens is 1. The summed E-state index contributed by atoms with van der Waals surface area (Å²) in [5.74, 6) is -0.685. The largest absolute Gasteiger partial charge is 0.481 e. The molecule has 1 saturated heterocycles. The van der Waals surface area contributed by atoms with E-state index in [0.29, 0.717) is 6.54 Å². The van der Waals surface area contributed by atoms with Crippen LogP contribution in [0, 0.1) is 12.3 Å². The molecule has 0 aliphatic carbocycles. The van der Waals surface area contributed by atoms with E-state index in [-0.39, 0.29) is 0 Å². The Labute approximate surface area is 116 Å². The number of aryl methyl sites for hydroxylation is 1. The topological polar surface area (TPSA) is 40.5 Å². The Morgan fingerprint density at radius 2 is 2.28 bits per heavy atom. The second kappa shape index (κ2) is 5.02. The summed E-state index contributed by atoms with van der Waals surface area (Å²) in [5, 5.41) is 9.20. The fraction of sp³-hybridized carbons (Fsp3) is 0.500. The lowest BCUT2D eigenvalue weighted by molar-refractivity contribution is -0.147. The Kier molecular flexibility index (Phi) is 3.78. The van der Waals surface area contributed by atoms with Crippen molar-refractivity contribution >= 4 is 21.9 Å². The van der Waals surface area contributed by atoms with Gasteiger partial charge in [0, 0.05) is 17.6 Å². The molecule has 18 heavy (non-hydrogen) atoms. The maximum atomic E-state index is 11.2. The maximum absolute atomic E-state index is 11.2. The van der Waals surface area contributed by atoms with Crippen LogP contribution in [0.4, 0.5) is 0 Å². The molecule has 1 fully saturated rings. The van der Waals surface area contributed by atoms with Crippen LogP contribution in [-0.4, -0.2) is 29.1 Å². The van der Waals surface area contributed by atoms with Gasteiger partial charge in [-0.1, -0.05) is 28.1 Å². The van der Waals surface area contributed by atoms with Gasteiger partial charge in [0.25, 0.3) is 0 Å². The van der Waals surface area contributed by atoms with E-state index < -0.39 is 11.4 Å². The van der Waals surface area contributed by atoms with Gasteiger partial charge >= 0.3 is 5.97 Å². The van der Waals surface area contributed by atoms with Crippen LogP contribution in [0.1, 0.15) is 24.5 Å². The number of aliphatic carboxylic acids is 1. The zero-order chi connectivity index (χ0) is 13.3. The third-order valence-electron chi connectivity index (χ3n) is 3.71. The van der Waals surface area contributed by atoms with Crippen molar-refractivity contribution in [3.05, 3.63) is 33.8 Å². The standard InChI is InChI=1S/C14H18BrNO2/c1-10-3-4-11(7-12(10)15)8-16-6-5-14(2,9-16)13(17)18/h3-4,7H,5-6,8-9H2,1-2H3,(H,17,18). The van der Waals surface area contributed by atoms with Crippen LogP contribution in [-0.2, 0) is 11.3 Å². The SMILES string of the molecule is Cc1ccc(CN2CCC(C)(C(=O)O)C2)cc1Br. The lowest BCUT2D eigenvalue weighted by Crippen LogP contribution is -2.31.